The first-order chi connectivity index (χ1) is 16.4. The number of aromatic nitrogens is 1. The molecule has 2 aromatic heterocycles. The number of unbranched alkanes of at least 4 members (excludes halogenated alkanes) is 1. The minimum atomic E-state index is -3.79. The molecule has 0 aliphatic rings. The van der Waals surface area contributed by atoms with Gasteiger partial charge in [0.25, 0.3) is 5.91 Å². The lowest BCUT2D eigenvalue weighted by atomic mass is 10.0. The molecule has 0 aliphatic carbocycles. The predicted octanol–water partition coefficient (Wildman–Crippen LogP) is 2.63. The molecule has 0 radical (unpaired) electrons. The van der Waals surface area contributed by atoms with Crippen molar-refractivity contribution in [2.75, 3.05) is 30.3 Å². The standard InChI is InChI=1S/C22H27FN4O6S2/c1-4-14-13-17-18(21(28)24-2)19(15-7-9-16(23)10-8-15)33-22(17)26-20(14)27-35(31,32)12-6-5-11-25-34(3,29)30/h7-10,13,25H,4-6,11-12H2,1-3H3,(H,24,28)(H,26,27). The second-order valence-corrected chi connectivity index (χ2v) is 11.6. The van der Waals surface area contributed by atoms with Gasteiger partial charge in [-0.05, 0) is 55.2 Å². The molecule has 1 amide bonds. The second kappa shape index (κ2) is 10.7. The number of benzene rings is 1. The van der Waals surface area contributed by atoms with E-state index in [9.17, 15) is 26.0 Å². The third-order valence-electron chi connectivity index (χ3n) is 5.16. The van der Waals surface area contributed by atoms with Crippen LogP contribution in [0.15, 0.2) is 34.7 Å². The Kier molecular flexibility index (Phi) is 8.13. The molecular weight excluding hydrogens is 499 g/mol. The van der Waals surface area contributed by atoms with Gasteiger partial charge in [-0.3, -0.25) is 9.52 Å². The van der Waals surface area contributed by atoms with Crippen molar-refractivity contribution in [3.8, 4) is 11.3 Å². The number of hydrogen-bond donors (Lipinski definition) is 3. The van der Waals surface area contributed by atoms with Gasteiger partial charge in [-0.25, -0.2) is 25.9 Å². The molecule has 190 valence electrons. The molecule has 13 heteroatoms. The van der Waals surface area contributed by atoms with Crippen LogP contribution in [0.2, 0.25) is 0 Å². The van der Waals surface area contributed by atoms with E-state index >= 15 is 0 Å². The number of aryl methyl sites for hydroxylation is 1. The highest BCUT2D eigenvalue weighted by Crippen LogP contribution is 2.35. The summed E-state index contributed by atoms with van der Waals surface area (Å²) in [5.74, 6) is -0.835. The zero-order valence-corrected chi connectivity index (χ0v) is 21.1. The molecule has 3 rings (SSSR count). The Labute approximate surface area is 203 Å². The summed E-state index contributed by atoms with van der Waals surface area (Å²) in [6.45, 7) is 1.96. The van der Waals surface area contributed by atoms with Gasteiger partial charge in [0.05, 0.1) is 23.0 Å². The molecule has 0 fully saturated rings. The third-order valence-corrected chi connectivity index (χ3v) is 7.22. The average Bonchev–Trinajstić information content (AvgIpc) is 3.15. The SMILES string of the molecule is CCc1cc2c(C(=O)NC)c(-c3ccc(F)cc3)oc2nc1NS(=O)(=O)CCCCNS(C)(=O)=O. The van der Waals surface area contributed by atoms with E-state index in [2.05, 4.69) is 19.7 Å². The molecule has 10 nitrogen and oxygen atoms in total. The topological polar surface area (TPSA) is 147 Å². The molecule has 0 saturated heterocycles. The van der Waals surface area contributed by atoms with Crippen molar-refractivity contribution in [1.82, 2.24) is 15.0 Å². The fourth-order valence-electron chi connectivity index (χ4n) is 3.45. The van der Waals surface area contributed by atoms with Gasteiger partial charge in [-0.15, -0.1) is 0 Å². The average molecular weight is 527 g/mol. The lowest BCUT2D eigenvalue weighted by Gasteiger charge is -2.11. The van der Waals surface area contributed by atoms with Crippen LogP contribution in [0.3, 0.4) is 0 Å². The first-order valence-electron chi connectivity index (χ1n) is 10.8. The molecule has 1 aromatic carbocycles. The molecule has 0 aliphatic heterocycles. The lowest BCUT2D eigenvalue weighted by molar-refractivity contribution is 0.0964. The smallest absolute Gasteiger partial charge is 0.255 e. The van der Waals surface area contributed by atoms with Crippen molar-refractivity contribution >= 4 is 42.9 Å². The molecule has 35 heavy (non-hydrogen) atoms. The number of carbonyl (C=O) groups excluding carboxylic acids is 1. The summed E-state index contributed by atoms with van der Waals surface area (Å²) in [6.07, 6.45) is 2.03. The first-order valence-corrected chi connectivity index (χ1v) is 14.4. The van der Waals surface area contributed by atoms with Crippen LogP contribution in [0.1, 0.15) is 35.7 Å². The van der Waals surface area contributed by atoms with Gasteiger partial charge < -0.3 is 9.73 Å². The summed E-state index contributed by atoms with van der Waals surface area (Å²) in [5.41, 5.74) is 1.28. The number of halogens is 1. The van der Waals surface area contributed by atoms with Crippen LogP contribution in [0.25, 0.3) is 22.4 Å². The van der Waals surface area contributed by atoms with Crippen LogP contribution >= 0.6 is 0 Å². The van der Waals surface area contributed by atoms with E-state index in [4.69, 9.17) is 4.42 Å². The summed E-state index contributed by atoms with van der Waals surface area (Å²) >= 11 is 0. The molecule has 0 unspecified atom stereocenters. The van der Waals surface area contributed by atoms with Gasteiger partial charge >= 0.3 is 0 Å². The summed E-state index contributed by atoms with van der Waals surface area (Å²) in [7, 11) is -5.65. The van der Waals surface area contributed by atoms with Gasteiger partial charge in [-0.2, -0.15) is 4.98 Å². The zero-order chi connectivity index (χ0) is 25.8. The van der Waals surface area contributed by atoms with Gasteiger partial charge in [0, 0.05) is 19.2 Å². The summed E-state index contributed by atoms with van der Waals surface area (Å²) < 4.78 is 71.5. The lowest BCUT2D eigenvalue weighted by Crippen LogP contribution is -2.24. The Morgan fingerprint density at radius 3 is 2.40 bits per heavy atom. The maximum absolute atomic E-state index is 13.4. The van der Waals surface area contributed by atoms with Crippen LogP contribution in [0.4, 0.5) is 10.2 Å². The van der Waals surface area contributed by atoms with Crippen LogP contribution in [0, 0.1) is 5.82 Å². The van der Waals surface area contributed by atoms with E-state index in [-0.39, 0.29) is 41.6 Å². The van der Waals surface area contributed by atoms with Crippen LogP contribution in [0.5, 0.6) is 0 Å². The van der Waals surface area contributed by atoms with E-state index < -0.39 is 31.8 Å². The quantitative estimate of drug-likeness (QED) is 0.325. The van der Waals surface area contributed by atoms with Gasteiger partial charge in [0.2, 0.25) is 25.8 Å². The van der Waals surface area contributed by atoms with Crippen molar-refractivity contribution < 1.29 is 30.4 Å². The van der Waals surface area contributed by atoms with E-state index in [1.807, 2.05) is 6.92 Å². The third kappa shape index (κ3) is 6.77. The Morgan fingerprint density at radius 1 is 1.11 bits per heavy atom. The highest BCUT2D eigenvalue weighted by Gasteiger charge is 2.25. The van der Waals surface area contributed by atoms with Crippen molar-refractivity contribution in [2.24, 2.45) is 0 Å². The van der Waals surface area contributed by atoms with Crippen LogP contribution in [-0.4, -0.2) is 53.3 Å². The predicted molar refractivity (Wildman–Crippen MR) is 132 cm³/mol. The Balaban J connectivity index is 1.93. The van der Waals surface area contributed by atoms with Crippen LogP contribution in [-0.2, 0) is 26.5 Å². The number of furan rings is 1. The molecule has 2 heterocycles. The van der Waals surface area contributed by atoms with E-state index in [0.29, 0.717) is 29.4 Å². The maximum atomic E-state index is 13.4. The van der Waals surface area contributed by atoms with Crippen molar-refractivity contribution in [2.45, 2.75) is 26.2 Å². The Morgan fingerprint density at radius 2 is 1.80 bits per heavy atom. The molecule has 0 atom stereocenters. The fraction of sp³-hybridized carbons (Fsp3) is 0.364. The number of fused-ring (bicyclic) bond motifs is 1. The molecule has 0 spiro atoms. The van der Waals surface area contributed by atoms with Gasteiger partial charge in [-0.1, -0.05) is 6.92 Å². The number of hydrogen-bond acceptors (Lipinski definition) is 7. The van der Waals surface area contributed by atoms with Gasteiger partial charge in [0.1, 0.15) is 17.4 Å². The van der Waals surface area contributed by atoms with E-state index in [1.54, 1.807) is 6.07 Å². The summed E-state index contributed by atoms with van der Waals surface area (Å²) in [4.78, 5) is 17.0. The summed E-state index contributed by atoms with van der Waals surface area (Å²) in [5, 5.41) is 2.96. The minimum Gasteiger partial charge on any atom is -0.437 e. The van der Waals surface area contributed by atoms with Gasteiger partial charge in [0.15, 0.2) is 0 Å². The van der Waals surface area contributed by atoms with Crippen molar-refractivity contribution in [1.29, 1.82) is 0 Å². The molecule has 0 saturated carbocycles. The molecule has 3 N–H and O–H groups in total. The Hall–Kier alpha value is -3.03. The fourth-order valence-corrected chi connectivity index (χ4v) is 5.12. The van der Waals surface area contributed by atoms with E-state index in [1.165, 1.54) is 31.3 Å². The largest absolute Gasteiger partial charge is 0.437 e. The highest BCUT2D eigenvalue weighted by atomic mass is 32.2. The zero-order valence-electron chi connectivity index (χ0n) is 19.5. The number of nitrogens with zero attached hydrogens (tertiary/aromatic N) is 1. The normalized spacial score (nSPS) is 12.1. The number of rotatable bonds is 11. The number of anilines is 1. The van der Waals surface area contributed by atoms with E-state index in [0.717, 1.165) is 6.26 Å². The highest BCUT2D eigenvalue weighted by molar-refractivity contribution is 7.92. The minimum absolute atomic E-state index is 0.0511. The maximum Gasteiger partial charge on any atom is 0.255 e. The monoisotopic (exact) mass is 526 g/mol. The first kappa shape index (κ1) is 26.6. The summed E-state index contributed by atoms with van der Waals surface area (Å²) in [6, 6.07) is 7.08. The number of sulfonamides is 2. The van der Waals surface area contributed by atoms with Crippen LogP contribution < -0.4 is 14.8 Å². The van der Waals surface area contributed by atoms with Crippen molar-refractivity contribution in [3.63, 3.8) is 0 Å². The molecular formula is C22H27FN4O6S2. The van der Waals surface area contributed by atoms with Crippen molar-refractivity contribution in [3.05, 3.63) is 47.3 Å². The number of amides is 1. The number of nitrogens with one attached hydrogen (secondary N) is 3. The second-order valence-electron chi connectivity index (χ2n) is 7.89. The molecule has 0 bridgehead atoms. The Bertz CT molecular complexity index is 1430. The number of pyridine rings is 1. The number of carbonyl (C=O) groups is 1. The molecule has 3 aromatic rings.